The van der Waals surface area contributed by atoms with Crippen molar-refractivity contribution in [1.82, 2.24) is 15.1 Å². The fraction of sp³-hybridized carbons (Fsp3) is 0.292. The van der Waals surface area contributed by atoms with Crippen molar-refractivity contribution in [3.8, 4) is 5.69 Å². The molecule has 0 saturated heterocycles. The summed E-state index contributed by atoms with van der Waals surface area (Å²) < 4.78 is 45.8. The average Bonchev–Trinajstić information content (AvgIpc) is 2.78. The maximum atomic E-state index is 13.0. The number of benzene rings is 2. The maximum absolute atomic E-state index is 13.0. The highest BCUT2D eigenvalue weighted by molar-refractivity contribution is 5.92. The zero-order chi connectivity index (χ0) is 23.8. The van der Waals surface area contributed by atoms with E-state index in [4.69, 9.17) is 4.74 Å². The molecule has 0 aliphatic heterocycles. The molecule has 0 atom stereocenters. The van der Waals surface area contributed by atoms with E-state index in [0.29, 0.717) is 25.3 Å². The average molecular weight is 459 g/mol. The third-order valence-corrected chi connectivity index (χ3v) is 4.87. The van der Waals surface area contributed by atoms with Gasteiger partial charge in [0.25, 0.3) is 5.91 Å². The van der Waals surface area contributed by atoms with E-state index in [-0.39, 0.29) is 17.9 Å². The molecule has 0 saturated carbocycles. The van der Waals surface area contributed by atoms with Crippen LogP contribution in [-0.4, -0.2) is 35.4 Å². The summed E-state index contributed by atoms with van der Waals surface area (Å²) >= 11 is 0. The van der Waals surface area contributed by atoms with E-state index in [9.17, 15) is 22.8 Å². The second-order valence-electron chi connectivity index (χ2n) is 7.42. The van der Waals surface area contributed by atoms with Gasteiger partial charge in [0.15, 0.2) is 5.69 Å². The van der Waals surface area contributed by atoms with Gasteiger partial charge in [0.1, 0.15) is 0 Å². The number of alkyl halides is 3. The molecule has 0 fully saturated rings. The van der Waals surface area contributed by atoms with Gasteiger partial charge in [0.05, 0.1) is 17.9 Å². The van der Waals surface area contributed by atoms with Crippen LogP contribution in [0.2, 0.25) is 0 Å². The van der Waals surface area contributed by atoms with Crippen LogP contribution in [0.1, 0.15) is 33.7 Å². The fourth-order valence-electron chi connectivity index (χ4n) is 3.18. The van der Waals surface area contributed by atoms with Crippen molar-refractivity contribution in [2.75, 3.05) is 19.8 Å². The van der Waals surface area contributed by atoms with Crippen LogP contribution in [0.15, 0.2) is 65.5 Å². The molecule has 0 spiro atoms. The van der Waals surface area contributed by atoms with Crippen LogP contribution in [0, 0.1) is 6.92 Å². The van der Waals surface area contributed by atoms with Gasteiger partial charge >= 0.3 is 6.18 Å². The Kier molecular flexibility index (Phi) is 8.00. The lowest BCUT2D eigenvalue weighted by Crippen LogP contribution is -2.33. The standard InChI is InChI=1S/C24H24F3N3O3/c1-17-15-21(31)22(29-30(17)20-10-5-9-19(16-20)24(25,26)27)23(32)28-12-6-13-33-14-11-18-7-3-2-4-8-18/h2-5,7-10,15-16H,6,11-14H2,1H3,(H,28,32). The number of amides is 1. The van der Waals surface area contributed by atoms with Gasteiger partial charge in [-0.2, -0.15) is 18.3 Å². The van der Waals surface area contributed by atoms with Crippen LogP contribution in [-0.2, 0) is 17.3 Å². The second-order valence-corrected chi connectivity index (χ2v) is 7.42. The number of nitrogens with zero attached hydrogens (tertiary/aromatic N) is 2. The zero-order valence-electron chi connectivity index (χ0n) is 18.1. The van der Waals surface area contributed by atoms with Crippen molar-refractivity contribution in [3.05, 3.63) is 93.4 Å². The minimum Gasteiger partial charge on any atom is -0.381 e. The first-order valence-electron chi connectivity index (χ1n) is 10.4. The maximum Gasteiger partial charge on any atom is 0.416 e. The van der Waals surface area contributed by atoms with Gasteiger partial charge in [-0.25, -0.2) is 4.68 Å². The number of aromatic nitrogens is 2. The van der Waals surface area contributed by atoms with E-state index in [2.05, 4.69) is 10.4 Å². The van der Waals surface area contributed by atoms with Gasteiger partial charge in [0.2, 0.25) is 5.43 Å². The molecule has 9 heteroatoms. The Balaban J connectivity index is 1.57. The lowest BCUT2D eigenvalue weighted by Gasteiger charge is -2.13. The largest absolute Gasteiger partial charge is 0.416 e. The predicted octanol–water partition coefficient (Wildman–Crippen LogP) is 3.94. The topological polar surface area (TPSA) is 73.2 Å². The van der Waals surface area contributed by atoms with Crippen LogP contribution < -0.4 is 10.7 Å². The number of nitrogens with one attached hydrogen (secondary N) is 1. The molecule has 1 heterocycles. The first-order chi connectivity index (χ1) is 15.8. The Labute approximate surface area is 189 Å². The van der Waals surface area contributed by atoms with E-state index < -0.39 is 23.1 Å². The van der Waals surface area contributed by atoms with Crippen molar-refractivity contribution < 1.29 is 22.7 Å². The van der Waals surface area contributed by atoms with Gasteiger partial charge in [-0.3, -0.25) is 9.59 Å². The van der Waals surface area contributed by atoms with Gasteiger partial charge in [0, 0.05) is 24.9 Å². The molecule has 33 heavy (non-hydrogen) atoms. The number of carbonyl (C=O) groups is 1. The molecule has 6 nitrogen and oxygen atoms in total. The van der Waals surface area contributed by atoms with Crippen LogP contribution >= 0.6 is 0 Å². The molecule has 1 aromatic heterocycles. The zero-order valence-corrected chi connectivity index (χ0v) is 18.1. The summed E-state index contributed by atoms with van der Waals surface area (Å²) in [5.41, 5.74) is -0.257. The van der Waals surface area contributed by atoms with Crippen LogP contribution in [0.3, 0.4) is 0 Å². The quantitative estimate of drug-likeness (QED) is 0.492. The van der Waals surface area contributed by atoms with Gasteiger partial charge in [-0.05, 0) is 43.5 Å². The van der Waals surface area contributed by atoms with Crippen molar-refractivity contribution in [1.29, 1.82) is 0 Å². The number of hydrogen-bond acceptors (Lipinski definition) is 4. The van der Waals surface area contributed by atoms with E-state index in [1.807, 2.05) is 30.3 Å². The van der Waals surface area contributed by atoms with E-state index in [1.165, 1.54) is 30.7 Å². The highest BCUT2D eigenvalue weighted by Crippen LogP contribution is 2.30. The minimum atomic E-state index is -4.52. The Morgan fingerprint density at radius 1 is 1.06 bits per heavy atom. The summed E-state index contributed by atoms with van der Waals surface area (Å²) in [4.78, 5) is 24.7. The number of hydrogen-bond donors (Lipinski definition) is 1. The molecule has 3 rings (SSSR count). The smallest absolute Gasteiger partial charge is 0.381 e. The summed E-state index contributed by atoms with van der Waals surface area (Å²) in [5, 5.41) is 6.63. The molecular weight excluding hydrogens is 435 g/mol. The summed E-state index contributed by atoms with van der Waals surface area (Å²) in [6, 6.07) is 15.6. The van der Waals surface area contributed by atoms with Crippen molar-refractivity contribution in [2.24, 2.45) is 0 Å². The summed E-state index contributed by atoms with van der Waals surface area (Å²) in [6.07, 6.45) is -3.20. The number of halogens is 3. The van der Waals surface area contributed by atoms with E-state index in [0.717, 1.165) is 23.2 Å². The third-order valence-electron chi connectivity index (χ3n) is 4.87. The number of aryl methyl sites for hydroxylation is 1. The minimum absolute atomic E-state index is 0.100. The second kappa shape index (κ2) is 10.9. The molecule has 1 N–H and O–H groups in total. The van der Waals surface area contributed by atoms with Crippen molar-refractivity contribution in [3.63, 3.8) is 0 Å². The van der Waals surface area contributed by atoms with Gasteiger partial charge < -0.3 is 10.1 Å². The molecular formula is C24H24F3N3O3. The van der Waals surface area contributed by atoms with E-state index in [1.54, 1.807) is 0 Å². The Bertz CT molecular complexity index is 1140. The summed E-state index contributed by atoms with van der Waals surface area (Å²) in [6.45, 7) is 2.79. The molecule has 0 unspecified atom stereocenters. The van der Waals surface area contributed by atoms with Gasteiger partial charge in [-0.15, -0.1) is 0 Å². The fourth-order valence-corrected chi connectivity index (χ4v) is 3.18. The SMILES string of the molecule is Cc1cc(=O)c(C(=O)NCCCOCCc2ccccc2)nn1-c1cccc(C(F)(F)F)c1. The summed E-state index contributed by atoms with van der Waals surface area (Å²) in [5.74, 6) is -0.690. The first kappa shape index (κ1) is 24.2. The first-order valence-corrected chi connectivity index (χ1v) is 10.4. The molecule has 0 radical (unpaired) electrons. The molecule has 0 aliphatic carbocycles. The molecule has 2 aromatic carbocycles. The predicted molar refractivity (Wildman–Crippen MR) is 117 cm³/mol. The monoisotopic (exact) mass is 459 g/mol. The number of rotatable bonds is 9. The van der Waals surface area contributed by atoms with E-state index >= 15 is 0 Å². The van der Waals surface area contributed by atoms with Gasteiger partial charge in [-0.1, -0.05) is 36.4 Å². The number of carbonyl (C=O) groups excluding carboxylic acids is 1. The lowest BCUT2D eigenvalue weighted by atomic mass is 10.2. The van der Waals surface area contributed by atoms with Crippen LogP contribution in [0.5, 0.6) is 0 Å². The molecule has 174 valence electrons. The molecule has 1 amide bonds. The van der Waals surface area contributed by atoms with Crippen molar-refractivity contribution >= 4 is 5.91 Å². The highest BCUT2D eigenvalue weighted by atomic mass is 19.4. The highest BCUT2D eigenvalue weighted by Gasteiger charge is 2.30. The Morgan fingerprint density at radius 2 is 1.82 bits per heavy atom. The molecule has 3 aromatic rings. The van der Waals surface area contributed by atoms with Crippen LogP contribution in [0.25, 0.3) is 5.69 Å². The Hall–Kier alpha value is -3.46. The summed E-state index contributed by atoms with van der Waals surface area (Å²) in [7, 11) is 0. The normalized spacial score (nSPS) is 11.4. The third kappa shape index (κ3) is 6.76. The van der Waals surface area contributed by atoms with Crippen LogP contribution in [0.4, 0.5) is 13.2 Å². The number of ether oxygens (including phenoxy) is 1. The molecule has 0 aliphatic rings. The Morgan fingerprint density at radius 3 is 2.55 bits per heavy atom. The van der Waals surface area contributed by atoms with Crippen molar-refractivity contribution in [2.45, 2.75) is 25.9 Å². The molecule has 0 bridgehead atoms. The lowest BCUT2D eigenvalue weighted by molar-refractivity contribution is -0.137.